The van der Waals surface area contributed by atoms with Crippen molar-refractivity contribution in [3.8, 4) is 0 Å². The van der Waals surface area contributed by atoms with E-state index in [-0.39, 0.29) is 0 Å². The summed E-state index contributed by atoms with van der Waals surface area (Å²) in [4.78, 5) is 5.28. The van der Waals surface area contributed by atoms with Crippen LogP contribution in [0, 0.1) is 5.41 Å². The van der Waals surface area contributed by atoms with Crippen LogP contribution in [0.15, 0.2) is 0 Å². The van der Waals surface area contributed by atoms with Gasteiger partial charge in [0.2, 0.25) is 0 Å². The highest BCUT2D eigenvalue weighted by Gasteiger charge is 2.29. The lowest BCUT2D eigenvalue weighted by Crippen LogP contribution is -2.54. The molecule has 0 aromatic heterocycles. The summed E-state index contributed by atoms with van der Waals surface area (Å²) >= 11 is 0. The molecular weight excluding hydrogens is 234 g/mol. The summed E-state index contributed by atoms with van der Waals surface area (Å²) in [7, 11) is 0. The summed E-state index contributed by atoms with van der Waals surface area (Å²) < 4.78 is 0. The van der Waals surface area contributed by atoms with Crippen molar-refractivity contribution in [3.05, 3.63) is 0 Å². The van der Waals surface area contributed by atoms with Crippen molar-refractivity contribution < 1.29 is 0 Å². The van der Waals surface area contributed by atoms with E-state index in [0.717, 1.165) is 13.1 Å². The summed E-state index contributed by atoms with van der Waals surface area (Å²) in [5.41, 5.74) is 0.429. The van der Waals surface area contributed by atoms with Crippen LogP contribution in [0.2, 0.25) is 0 Å². The molecule has 1 aliphatic rings. The largest absolute Gasteiger partial charge is 0.316 e. The van der Waals surface area contributed by atoms with Crippen LogP contribution in [-0.4, -0.2) is 61.7 Å². The average molecular weight is 269 g/mol. The van der Waals surface area contributed by atoms with Crippen molar-refractivity contribution in [2.45, 2.75) is 53.5 Å². The monoisotopic (exact) mass is 269 g/mol. The zero-order valence-corrected chi connectivity index (χ0v) is 13.8. The van der Waals surface area contributed by atoms with Crippen LogP contribution in [0.25, 0.3) is 0 Å². The van der Waals surface area contributed by atoms with Crippen LogP contribution in [-0.2, 0) is 0 Å². The topological polar surface area (TPSA) is 18.5 Å². The average Bonchev–Trinajstić information content (AvgIpc) is 2.37. The minimum Gasteiger partial charge on any atom is -0.316 e. The van der Waals surface area contributed by atoms with E-state index in [1.807, 2.05) is 0 Å². The Morgan fingerprint density at radius 3 is 2.47 bits per heavy atom. The summed E-state index contributed by atoms with van der Waals surface area (Å²) in [6.45, 7) is 20.0. The van der Waals surface area contributed by atoms with Gasteiger partial charge in [-0.2, -0.15) is 0 Å². The Morgan fingerprint density at radius 1 is 1.21 bits per heavy atom. The van der Waals surface area contributed by atoms with E-state index in [0.29, 0.717) is 11.5 Å². The Labute approximate surface area is 120 Å². The lowest BCUT2D eigenvalue weighted by atomic mass is 9.84. The first-order valence-electron chi connectivity index (χ1n) is 8.21. The van der Waals surface area contributed by atoms with Crippen LogP contribution < -0.4 is 5.32 Å². The first kappa shape index (κ1) is 16.9. The second kappa shape index (κ2) is 8.23. The molecule has 0 aromatic carbocycles. The fourth-order valence-electron chi connectivity index (χ4n) is 3.48. The molecule has 2 atom stereocenters. The van der Waals surface area contributed by atoms with Crippen molar-refractivity contribution in [3.63, 3.8) is 0 Å². The van der Waals surface area contributed by atoms with Crippen molar-refractivity contribution in [2.75, 3.05) is 45.8 Å². The van der Waals surface area contributed by atoms with Gasteiger partial charge in [0.25, 0.3) is 0 Å². The molecule has 19 heavy (non-hydrogen) atoms. The number of piperazine rings is 1. The Morgan fingerprint density at radius 2 is 1.95 bits per heavy atom. The van der Waals surface area contributed by atoms with Crippen LogP contribution in [0.4, 0.5) is 0 Å². The number of rotatable bonds is 8. The molecule has 3 heteroatoms. The van der Waals surface area contributed by atoms with Crippen LogP contribution in [0.3, 0.4) is 0 Å². The van der Waals surface area contributed by atoms with Gasteiger partial charge in [0.05, 0.1) is 0 Å². The minimum atomic E-state index is 0.429. The maximum atomic E-state index is 3.56. The van der Waals surface area contributed by atoms with Crippen molar-refractivity contribution in [2.24, 2.45) is 5.41 Å². The highest BCUT2D eigenvalue weighted by Crippen LogP contribution is 2.25. The van der Waals surface area contributed by atoms with Crippen molar-refractivity contribution >= 4 is 0 Å². The van der Waals surface area contributed by atoms with Crippen LogP contribution in [0.5, 0.6) is 0 Å². The SMILES string of the molecule is CCCC(C)(CNCC)CN1CCN(CC)C(C)C1. The normalized spacial score (nSPS) is 25.4. The molecule has 1 N–H and O–H groups in total. The van der Waals surface area contributed by atoms with Crippen LogP contribution >= 0.6 is 0 Å². The second-order valence-electron chi connectivity index (χ2n) is 6.55. The Balaban J connectivity index is 2.50. The predicted octanol–water partition coefficient (Wildman–Crippen LogP) is 2.43. The van der Waals surface area contributed by atoms with Gasteiger partial charge in [-0.1, -0.05) is 34.1 Å². The summed E-state index contributed by atoms with van der Waals surface area (Å²) in [5.74, 6) is 0. The van der Waals surface area contributed by atoms with Gasteiger partial charge in [-0.05, 0) is 31.8 Å². The molecule has 0 amide bonds. The molecule has 1 heterocycles. The lowest BCUT2D eigenvalue weighted by molar-refractivity contribution is 0.0551. The van der Waals surface area contributed by atoms with E-state index in [9.17, 15) is 0 Å². The molecule has 1 saturated heterocycles. The van der Waals surface area contributed by atoms with Crippen molar-refractivity contribution in [1.29, 1.82) is 0 Å². The Kier molecular flexibility index (Phi) is 7.33. The van der Waals surface area contributed by atoms with Gasteiger partial charge in [-0.3, -0.25) is 9.80 Å². The molecule has 2 unspecified atom stereocenters. The van der Waals surface area contributed by atoms with Gasteiger partial charge in [0.1, 0.15) is 0 Å². The summed E-state index contributed by atoms with van der Waals surface area (Å²) in [6, 6.07) is 0.712. The molecule has 3 nitrogen and oxygen atoms in total. The Bertz CT molecular complexity index is 244. The predicted molar refractivity (Wildman–Crippen MR) is 84.7 cm³/mol. The zero-order valence-electron chi connectivity index (χ0n) is 13.8. The molecule has 0 radical (unpaired) electrons. The fraction of sp³-hybridized carbons (Fsp3) is 1.00. The fourth-order valence-corrected chi connectivity index (χ4v) is 3.48. The molecule has 0 aromatic rings. The molecule has 0 saturated carbocycles. The van der Waals surface area contributed by atoms with Gasteiger partial charge in [0.15, 0.2) is 0 Å². The molecule has 0 aliphatic carbocycles. The summed E-state index contributed by atoms with van der Waals surface area (Å²) in [5, 5.41) is 3.56. The van der Waals surface area contributed by atoms with E-state index >= 15 is 0 Å². The third-order valence-corrected chi connectivity index (χ3v) is 4.52. The van der Waals surface area contributed by atoms with Gasteiger partial charge in [0, 0.05) is 38.8 Å². The number of nitrogens with zero attached hydrogens (tertiary/aromatic N) is 2. The third kappa shape index (κ3) is 5.41. The van der Waals surface area contributed by atoms with Gasteiger partial charge < -0.3 is 5.32 Å². The standard InChI is InChI=1S/C16H35N3/c1-6-9-16(5,13-17-7-2)14-18-10-11-19(8-3)15(4)12-18/h15,17H,6-14H2,1-5H3. The first-order chi connectivity index (χ1) is 9.04. The number of hydrogen-bond donors (Lipinski definition) is 1. The number of likely N-dealkylation sites (N-methyl/N-ethyl adjacent to an activating group) is 1. The van der Waals surface area contributed by atoms with E-state index in [2.05, 4.69) is 49.7 Å². The van der Waals surface area contributed by atoms with E-state index in [1.165, 1.54) is 45.6 Å². The highest BCUT2D eigenvalue weighted by molar-refractivity contribution is 4.85. The Hall–Kier alpha value is -0.120. The number of nitrogens with one attached hydrogen (secondary N) is 1. The molecule has 1 aliphatic heterocycles. The van der Waals surface area contributed by atoms with E-state index in [1.54, 1.807) is 0 Å². The van der Waals surface area contributed by atoms with Gasteiger partial charge >= 0.3 is 0 Å². The minimum absolute atomic E-state index is 0.429. The second-order valence-corrected chi connectivity index (χ2v) is 6.55. The van der Waals surface area contributed by atoms with E-state index < -0.39 is 0 Å². The molecule has 1 rings (SSSR count). The van der Waals surface area contributed by atoms with Crippen LogP contribution in [0.1, 0.15) is 47.5 Å². The maximum absolute atomic E-state index is 3.56. The lowest BCUT2D eigenvalue weighted by Gasteiger charge is -2.43. The summed E-state index contributed by atoms with van der Waals surface area (Å²) in [6.07, 6.45) is 2.61. The van der Waals surface area contributed by atoms with Gasteiger partial charge in [-0.15, -0.1) is 0 Å². The third-order valence-electron chi connectivity index (χ3n) is 4.52. The van der Waals surface area contributed by atoms with Crippen molar-refractivity contribution in [1.82, 2.24) is 15.1 Å². The number of hydrogen-bond acceptors (Lipinski definition) is 3. The molecule has 0 spiro atoms. The quantitative estimate of drug-likeness (QED) is 0.730. The first-order valence-corrected chi connectivity index (χ1v) is 8.21. The molecule has 114 valence electrons. The molecule has 1 fully saturated rings. The zero-order chi connectivity index (χ0) is 14.3. The highest BCUT2D eigenvalue weighted by atomic mass is 15.3. The maximum Gasteiger partial charge on any atom is 0.0195 e. The van der Waals surface area contributed by atoms with Gasteiger partial charge in [-0.25, -0.2) is 0 Å². The molecular formula is C16H35N3. The smallest absolute Gasteiger partial charge is 0.0195 e. The molecule has 0 bridgehead atoms. The van der Waals surface area contributed by atoms with E-state index in [4.69, 9.17) is 0 Å².